The summed E-state index contributed by atoms with van der Waals surface area (Å²) in [6.07, 6.45) is 1.61. The summed E-state index contributed by atoms with van der Waals surface area (Å²) in [5, 5.41) is 3.58. The number of benzene rings is 2. The number of rotatable bonds is 6. The fourth-order valence-corrected chi connectivity index (χ4v) is 3.43. The first kappa shape index (κ1) is 18.8. The van der Waals surface area contributed by atoms with Crippen molar-refractivity contribution in [3.05, 3.63) is 74.8 Å². The zero-order valence-electron chi connectivity index (χ0n) is 16.1. The second-order valence-corrected chi connectivity index (χ2v) is 7.04. The van der Waals surface area contributed by atoms with Crippen LogP contribution in [0.25, 0.3) is 10.9 Å². The molecule has 0 aliphatic heterocycles. The smallest absolute Gasteiger partial charge is 0.258 e. The molecule has 0 unspecified atom stereocenters. The number of hydrogen-bond donors (Lipinski definition) is 2. The van der Waals surface area contributed by atoms with Gasteiger partial charge in [-0.3, -0.25) is 9.59 Å². The Bertz CT molecular complexity index is 1010. The van der Waals surface area contributed by atoms with Crippen LogP contribution in [-0.2, 0) is 17.8 Å². The van der Waals surface area contributed by atoms with E-state index >= 15 is 0 Å². The first-order chi connectivity index (χ1) is 12.9. The van der Waals surface area contributed by atoms with E-state index in [9.17, 15) is 9.59 Å². The summed E-state index contributed by atoms with van der Waals surface area (Å²) in [6, 6.07) is 11.5. The summed E-state index contributed by atoms with van der Waals surface area (Å²) in [6.45, 7) is 6.77. The third kappa shape index (κ3) is 4.61. The minimum Gasteiger partial charge on any atom is -0.352 e. The highest BCUT2D eigenvalue weighted by Crippen LogP contribution is 2.16. The molecule has 3 rings (SSSR count). The Morgan fingerprint density at radius 3 is 2.56 bits per heavy atom. The van der Waals surface area contributed by atoms with Crippen molar-refractivity contribution in [1.82, 2.24) is 15.3 Å². The monoisotopic (exact) mass is 363 g/mol. The van der Waals surface area contributed by atoms with Gasteiger partial charge in [-0.25, -0.2) is 4.98 Å². The lowest BCUT2D eigenvalue weighted by atomic mass is 10.00. The van der Waals surface area contributed by atoms with Gasteiger partial charge in [-0.05, 0) is 56.0 Å². The van der Waals surface area contributed by atoms with E-state index in [0.29, 0.717) is 42.5 Å². The van der Waals surface area contributed by atoms with E-state index in [2.05, 4.69) is 48.2 Å². The SMILES string of the molecule is Cc1cc(C)c(CNC(=O)CCCc2nc3ccccc3c(=O)[nH]2)c(C)c1. The van der Waals surface area contributed by atoms with Gasteiger partial charge in [-0.15, -0.1) is 0 Å². The number of aryl methyl sites for hydroxylation is 4. The van der Waals surface area contributed by atoms with Crippen molar-refractivity contribution in [3.8, 4) is 0 Å². The average Bonchev–Trinajstić information content (AvgIpc) is 2.61. The number of nitrogens with one attached hydrogen (secondary N) is 2. The highest BCUT2D eigenvalue weighted by molar-refractivity contribution is 5.77. The second kappa shape index (κ2) is 8.16. The van der Waals surface area contributed by atoms with Crippen LogP contribution in [0.15, 0.2) is 41.2 Å². The number of carbonyl (C=O) groups is 1. The molecule has 0 atom stereocenters. The van der Waals surface area contributed by atoms with Crippen molar-refractivity contribution in [2.45, 2.75) is 46.6 Å². The van der Waals surface area contributed by atoms with E-state index in [1.807, 2.05) is 18.2 Å². The summed E-state index contributed by atoms with van der Waals surface area (Å²) in [5.74, 6) is 0.634. The molecule has 1 amide bonds. The van der Waals surface area contributed by atoms with Crippen LogP contribution >= 0.6 is 0 Å². The second-order valence-electron chi connectivity index (χ2n) is 7.04. The highest BCUT2D eigenvalue weighted by Gasteiger charge is 2.08. The number of aromatic nitrogens is 2. The number of carbonyl (C=O) groups excluding carboxylic acids is 1. The van der Waals surface area contributed by atoms with Crippen molar-refractivity contribution in [1.29, 1.82) is 0 Å². The van der Waals surface area contributed by atoms with Gasteiger partial charge in [0.15, 0.2) is 0 Å². The molecule has 140 valence electrons. The molecule has 0 bridgehead atoms. The molecular formula is C22H25N3O2. The van der Waals surface area contributed by atoms with Gasteiger partial charge in [0.2, 0.25) is 5.91 Å². The molecule has 5 nitrogen and oxygen atoms in total. The van der Waals surface area contributed by atoms with E-state index in [1.54, 1.807) is 6.07 Å². The lowest BCUT2D eigenvalue weighted by Gasteiger charge is -2.12. The minimum absolute atomic E-state index is 0.0116. The van der Waals surface area contributed by atoms with Crippen molar-refractivity contribution in [2.24, 2.45) is 0 Å². The molecule has 5 heteroatoms. The maximum atomic E-state index is 12.2. The van der Waals surface area contributed by atoms with Gasteiger partial charge >= 0.3 is 0 Å². The van der Waals surface area contributed by atoms with Crippen molar-refractivity contribution >= 4 is 16.8 Å². The van der Waals surface area contributed by atoms with Crippen molar-refractivity contribution < 1.29 is 4.79 Å². The first-order valence-corrected chi connectivity index (χ1v) is 9.25. The number of hydrogen-bond acceptors (Lipinski definition) is 3. The van der Waals surface area contributed by atoms with Crippen LogP contribution in [0, 0.1) is 20.8 Å². The van der Waals surface area contributed by atoms with Gasteiger partial charge in [-0.1, -0.05) is 29.8 Å². The highest BCUT2D eigenvalue weighted by atomic mass is 16.1. The largest absolute Gasteiger partial charge is 0.352 e. The molecule has 0 fully saturated rings. The molecule has 2 aromatic carbocycles. The maximum Gasteiger partial charge on any atom is 0.258 e. The summed E-state index contributed by atoms with van der Waals surface area (Å²) >= 11 is 0. The lowest BCUT2D eigenvalue weighted by molar-refractivity contribution is -0.121. The molecule has 0 aliphatic carbocycles. The van der Waals surface area contributed by atoms with Crippen LogP contribution in [0.5, 0.6) is 0 Å². The standard InChI is InChI=1S/C22H25N3O2/c1-14-11-15(2)18(16(3)12-14)13-23-21(26)10-6-9-20-24-19-8-5-4-7-17(19)22(27)25-20/h4-5,7-8,11-12H,6,9-10,13H2,1-3H3,(H,23,26)(H,24,25,27). The van der Waals surface area contributed by atoms with E-state index in [4.69, 9.17) is 0 Å². The Labute approximate surface area is 158 Å². The van der Waals surface area contributed by atoms with Crippen LogP contribution in [-0.4, -0.2) is 15.9 Å². The Hall–Kier alpha value is -2.95. The van der Waals surface area contributed by atoms with Gasteiger partial charge in [0, 0.05) is 19.4 Å². The molecule has 27 heavy (non-hydrogen) atoms. The quantitative estimate of drug-likeness (QED) is 0.704. The van der Waals surface area contributed by atoms with Crippen LogP contribution in [0.4, 0.5) is 0 Å². The predicted molar refractivity (Wildman–Crippen MR) is 108 cm³/mol. The van der Waals surface area contributed by atoms with Crippen molar-refractivity contribution in [3.63, 3.8) is 0 Å². The Kier molecular flexibility index (Phi) is 5.69. The summed E-state index contributed by atoms with van der Waals surface area (Å²) < 4.78 is 0. The van der Waals surface area contributed by atoms with Crippen LogP contribution in [0.1, 0.15) is 40.9 Å². The molecule has 0 saturated heterocycles. The Morgan fingerprint density at radius 1 is 1.11 bits per heavy atom. The lowest BCUT2D eigenvalue weighted by Crippen LogP contribution is -2.23. The van der Waals surface area contributed by atoms with Crippen LogP contribution in [0.2, 0.25) is 0 Å². The molecule has 2 N–H and O–H groups in total. The summed E-state index contributed by atoms with van der Waals surface area (Å²) in [7, 11) is 0. The zero-order valence-corrected chi connectivity index (χ0v) is 16.1. The molecular weight excluding hydrogens is 338 g/mol. The van der Waals surface area contributed by atoms with E-state index in [0.717, 1.165) is 0 Å². The molecule has 0 saturated carbocycles. The fraction of sp³-hybridized carbons (Fsp3) is 0.318. The van der Waals surface area contributed by atoms with Crippen molar-refractivity contribution in [2.75, 3.05) is 0 Å². The molecule has 1 aromatic heterocycles. The topological polar surface area (TPSA) is 74.8 Å². The van der Waals surface area contributed by atoms with Gasteiger partial charge in [0.25, 0.3) is 5.56 Å². The zero-order chi connectivity index (χ0) is 19.4. The number of H-pyrrole nitrogens is 1. The molecule has 0 radical (unpaired) electrons. The number of fused-ring (bicyclic) bond motifs is 1. The third-order valence-corrected chi connectivity index (χ3v) is 4.78. The van der Waals surface area contributed by atoms with Gasteiger partial charge in [-0.2, -0.15) is 0 Å². The van der Waals surface area contributed by atoms with Gasteiger partial charge in [0.05, 0.1) is 10.9 Å². The average molecular weight is 363 g/mol. The number of nitrogens with zero attached hydrogens (tertiary/aromatic N) is 1. The molecule has 3 aromatic rings. The normalized spacial score (nSPS) is 10.9. The number of aromatic amines is 1. The molecule has 0 spiro atoms. The van der Waals surface area contributed by atoms with Crippen LogP contribution in [0.3, 0.4) is 0 Å². The van der Waals surface area contributed by atoms with Gasteiger partial charge in [0.1, 0.15) is 5.82 Å². The van der Waals surface area contributed by atoms with E-state index in [1.165, 1.54) is 22.3 Å². The first-order valence-electron chi connectivity index (χ1n) is 9.25. The number of amides is 1. The van der Waals surface area contributed by atoms with E-state index < -0.39 is 0 Å². The molecule has 0 aliphatic rings. The summed E-state index contributed by atoms with van der Waals surface area (Å²) in [5.41, 5.74) is 5.36. The van der Waals surface area contributed by atoms with Crippen LogP contribution < -0.4 is 10.9 Å². The maximum absolute atomic E-state index is 12.2. The van der Waals surface area contributed by atoms with E-state index in [-0.39, 0.29) is 11.5 Å². The minimum atomic E-state index is -0.134. The fourth-order valence-electron chi connectivity index (χ4n) is 3.43. The summed E-state index contributed by atoms with van der Waals surface area (Å²) in [4.78, 5) is 31.5. The number of para-hydroxylation sites is 1. The third-order valence-electron chi connectivity index (χ3n) is 4.78. The predicted octanol–water partition coefficient (Wildman–Crippen LogP) is 3.49. The Balaban J connectivity index is 1.54. The Morgan fingerprint density at radius 2 is 1.81 bits per heavy atom. The molecule has 1 heterocycles. The van der Waals surface area contributed by atoms with Gasteiger partial charge < -0.3 is 10.3 Å².